The maximum atomic E-state index is 12.3. The second kappa shape index (κ2) is 35.0. The van der Waals surface area contributed by atoms with E-state index in [1.165, 1.54) is 154 Å². The number of hydrogen-bond donors (Lipinski definition) is 4. The van der Waals surface area contributed by atoms with Gasteiger partial charge < -0.3 is 20.6 Å². The number of carbonyl (C=O) groups excluding carboxylic acids is 1. The summed E-state index contributed by atoms with van der Waals surface area (Å²) in [4.78, 5) is 12.3. The van der Waals surface area contributed by atoms with Crippen molar-refractivity contribution < 1.29 is 20.1 Å². The van der Waals surface area contributed by atoms with E-state index in [4.69, 9.17) is 0 Å². The fourth-order valence-electron chi connectivity index (χ4n) is 6.02. The summed E-state index contributed by atoms with van der Waals surface area (Å²) in [6, 6.07) is -0.737. The molecule has 0 bridgehead atoms. The van der Waals surface area contributed by atoms with E-state index in [0.29, 0.717) is 12.8 Å². The van der Waals surface area contributed by atoms with Crippen molar-refractivity contribution in [2.24, 2.45) is 0 Å². The minimum atomic E-state index is -1.01. The highest BCUT2D eigenvalue weighted by Gasteiger charge is 2.18. The number of unbranched alkanes of at least 4 members (excludes halogenated alkanes) is 26. The smallest absolute Gasteiger partial charge is 0.220 e. The molecule has 0 saturated heterocycles. The topological polar surface area (TPSA) is 89.8 Å². The van der Waals surface area contributed by atoms with Gasteiger partial charge in [-0.15, -0.1) is 0 Å². The average molecular weight is 624 g/mol. The van der Waals surface area contributed by atoms with Crippen LogP contribution in [0.5, 0.6) is 0 Å². The van der Waals surface area contributed by atoms with Crippen LogP contribution < -0.4 is 5.32 Å². The molecule has 0 heterocycles. The number of amides is 1. The number of nitrogens with one attached hydrogen (secondary N) is 1. The van der Waals surface area contributed by atoms with Gasteiger partial charge in [-0.25, -0.2) is 0 Å². The zero-order valence-corrected chi connectivity index (χ0v) is 29.6. The van der Waals surface area contributed by atoms with E-state index in [1.807, 2.05) is 0 Å². The Morgan fingerprint density at radius 3 is 1.23 bits per heavy atom. The van der Waals surface area contributed by atoms with Crippen LogP contribution in [0.1, 0.15) is 206 Å². The van der Waals surface area contributed by atoms with Gasteiger partial charge in [-0.05, 0) is 12.8 Å². The molecule has 0 aliphatic rings. The number of aliphatic hydroxyl groups excluding tert-OH is 3. The van der Waals surface area contributed by atoms with Gasteiger partial charge in [0.25, 0.3) is 0 Å². The zero-order chi connectivity index (χ0) is 32.4. The summed E-state index contributed by atoms with van der Waals surface area (Å²) in [5.41, 5.74) is 0. The Labute approximate surface area is 274 Å². The monoisotopic (exact) mass is 624 g/mol. The highest BCUT2D eigenvalue weighted by molar-refractivity contribution is 5.76. The molecule has 0 rings (SSSR count). The third kappa shape index (κ3) is 31.1. The number of hydrogen-bond acceptors (Lipinski definition) is 4. The lowest BCUT2D eigenvalue weighted by atomic mass is 10.0. The average Bonchev–Trinajstić information content (AvgIpc) is 3.02. The van der Waals surface area contributed by atoms with Gasteiger partial charge in [0.15, 0.2) is 0 Å². The number of rotatable bonds is 35. The van der Waals surface area contributed by atoms with Crippen LogP contribution in [0.25, 0.3) is 0 Å². The summed E-state index contributed by atoms with van der Waals surface area (Å²) in [5, 5.41) is 33.1. The molecule has 0 aliphatic carbocycles. The molecule has 0 spiro atoms. The lowest BCUT2D eigenvalue weighted by Crippen LogP contribution is -2.45. The molecule has 0 aromatic carbocycles. The van der Waals surface area contributed by atoms with Crippen LogP contribution >= 0.6 is 0 Å². The molecule has 44 heavy (non-hydrogen) atoms. The molecule has 0 radical (unpaired) electrons. The van der Waals surface area contributed by atoms with E-state index in [9.17, 15) is 20.1 Å². The molecular weight excluding hydrogens is 546 g/mol. The maximum Gasteiger partial charge on any atom is 0.220 e. The minimum absolute atomic E-state index is 0.126. The van der Waals surface area contributed by atoms with Crippen LogP contribution in [0, 0.1) is 0 Å². The second-order valence-electron chi connectivity index (χ2n) is 13.5. The second-order valence-corrected chi connectivity index (χ2v) is 13.5. The number of carbonyl (C=O) groups is 1. The molecule has 0 aromatic rings. The first-order valence-corrected chi connectivity index (χ1v) is 19.5. The van der Waals surface area contributed by atoms with Crippen molar-refractivity contribution in [1.29, 1.82) is 0 Å². The van der Waals surface area contributed by atoms with Gasteiger partial charge in [-0.3, -0.25) is 4.79 Å². The lowest BCUT2D eigenvalue weighted by molar-refractivity contribution is -0.123. The Kier molecular flexibility index (Phi) is 34.2. The van der Waals surface area contributed by atoms with E-state index in [1.54, 1.807) is 6.08 Å². The Hall–Kier alpha value is -0.910. The largest absolute Gasteiger partial charge is 0.394 e. The zero-order valence-electron chi connectivity index (χ0n) is 29.6. The van der Waals surface area contributed by atoms with Gasteiger partial charge in [0.05, 0.1) is 24.9 Å². The minimum Gasteiger partial charge on any atom is -0.394 e. The van der Waals surface area contributed by atoms with Gasteiger partial charge in [0.1, 0.15) is 0 Å². The molecule has 4 N–H and O–H groups in total. The van der Waals surface area contributed by atoms with E-state index in [0.717, 1.165) is 32.1 Å². The van der Waals surface area contributed by atoms with Gasteiger partial charge in [0, 0.05) is 6.42 Å². The van der Waals surface area contributed by atoms with Crippen LogP contribution in [-0.4, -0.2) is 46.1 Å². The summed E-state index contributed by atoms with van der Waals surface area (Å²) < 4.78 is 0. The fraction of sp³-hybridized carbons (Fsp3) is 0.923. The van der Waals surface area contributed by atoms with Crippen molar-refractivity contribution in [2.45, 2.75) is 225 Å². The summed E-state index contributed by atoms with van der Waals surface area (Å²) in [5.74, 6) is -0.126. The van der Waals surface area contributed by atoms with Crippen LogP contribution in [-0.2, 0) is 4.79 Å². The van der Waals surface area contributed by atoms with Crippen LogP contribution in [0.4, 0.5) is 0 Å². The van der Waals surface area contributed by atoms with Crippen molar-refractivity contribution >= 4 is 5.91 Å². The van der Waals surface area contributed by atoms with E-state index in [-0.39, 0.29) is 12.5 Å². The summed E-state index contributed by atoms with van der Waals surface area (Å²) in [7, 11) is 0. The fourth-order valence-corrected chi connectivity index (χ4v) is 6.02. The summed E-state index contributed by atoms with van der Waals surface area (Å²) in [6.45, 7) is 4.20. The third-order valence-corrected chi connectivity index (χ3v) is 9.10. The van der Waals surface area contributed by atoms with Crippen LogP contribution in [0.15, 0.2) is 12.2 Å². The molecule has 0 aromatic heterocycles. The third-order valence-electron chi connectivity index (χ3n) is 9.10. The van der Waals surface area contributed by atoms with Crippen molar-refractivity contribution in [3.8, 4) is 0 Å². The Morgan fingerprint density at radius 1 is 0.523 bits per heavy atom. The normalized spacial score (nSPS) is 13.8. The molecule has 0 aliphatic heterocycles. The summed E-state index contributed by atoms with van der Waals surface area (Å²) in [6.07, 6.45) is 38.9. The summed E-state index contributed by atoms with van der Waals surface area (Å²) >= 11 is 0. The molecule has 5 nitrogen and oxygen atoms in total. The van der Waals surface area contributed by atoms with Crippen molar-refractivity contribution in [3.05, 3.63) is 12.2 Å². The van der Waals surface area contributed by atoms with Crippen molar-refractivity contribution in [1.82, 2.24) is 5.32 Å². The van der Waals surface area contributed by atoms with Crippen LogP contribution in [0.2, 0.25) is 0 Å². The maximum absolute atomic E-state index is 12.3. The van der Waals surface area contributed by atoms with Gasteiger partial charge in [-0.1, -0.05) is 199 Å². The van der Waals surface area contributed by atoms with Gasteiger partial charge in [0.2, 0.25) is 5.91 Å². The van der Waals surface area contributed by atoms with Gasteiger partial charge >= 0.3 is 0 Å². The highest BCUT2D eigenvalue weighted by Crippen LogP contribution is 2.15. The first-order valence-electron chi connectivity index (χ1n) is 19.5. The molecule has 1 amide bonds. The SMILES string of the molecule is CCCCCCCCCCCCCCCCCCCCC(=O)NC(CO)C(O)/C=C/C(O)CCCCCCCCCCCC. The van der Waals surface area contributed by atoms with Crippen LogP contribution in [0.3, 0.4) is 0 Å². The molecule has 3 atom stereocenters. The highest BCUT2D eigenvalue weighted by atomic mass is 16.3. The standard InChI is InChI=1S/C39H77NO4/c1-3-5-7-9-11-13-15-16-17-18-19-20-21-22-24-26-28-30-32-39(44)40-37(35-41)38(43)34-33-36(42)31-29-27-25-23-14-12-10-8-6-4-2/h33-34,36-38,41-43H,3-32,35H2,1-2H3,(H,40,44)/b34-33+. The molecule has 5 heteroatoms. The number of aliphatic hydroxyl groups is 3. The molecule has 0 fully saturated rings. The first kappa shape index (κ1) is 43.1. The molecule has 0 saturated carbocycles. The quantitative estimate of drug-likeness (QED) is 0.0418. The van der Waals surface area contributed by atoms with Crippen molar-refractivity contribution in [3.63, 3.8) is 0 Å². The first-order chi connectivity index (χ1) is 21.5. The Morgan fingerprint density at radius 2 is 0.864 bits per heavy atom. The Balaban J connectivity index is 3.66. The van der Waals surface area contributed by atoms with E-state index >= 15 is 0 Å². The predicted octanol–water partition coefficient (Wildman–Crippen LogP) is 10.5. The lowest BCUT2D eigenvalue weighted by Gasteiger charge is -2.20. The molecule has 262 valence electrons. The van der Waals surface area contributed by atoms with Crippen molar-refractivity contribution in [2.75, 3.05) is 6.61 Å². The molecular formula is C39H77NO4. The Bertz CT molecular complexity index is 611. The van der Waals surface area contributed by atoms with Gasteiger partial charge in [-0.2, -0.15) is 0 Å². The van der Waals surface area contributed by atoms with E-state index in [2.05, 4.69) is 19.2 Å². The predicted molar refractivity (Wildman–Crippen MR) is 190 cm³/mol. The van der Waals surface area contributed by atoms with E-state index < -0.39 is 18.2 Å². The molecule has 3 unspecified atom stereocenters.